The lowest BCUT2D eigenvalue weighted by Gasteiger charge is -2.20. The molecule has 0 saturated heterocycles. The third-order valence-electron chi connectivity index (χ3n) is 2.60. The molecule has 0 fully saturated rings. The summed E-state index contributed by atoms with van der Waals surface area (Å²) in [5.74, 6) is 2.22. The van der Waals surface area contributed by atoms with Crippen LogP contribution in [0.1, 0.15) is 33.0 Å². The van der Waals surface area contributed by atoms with Crippen molar-refractivity contribution in [3.8, 4) is 0 Å². The monoisotopic (exact) mass is 238 g/mol. The van der Waals surface area contributed by atoms with Crippen LogP contribution in [0.15, 0.2) is 6.07 Å². The summed E-state index contributed by atoms with van der Waals surface area (Å²) in [6.07, 6.45) is 1.79. The molecule has 1 heterocycles. The zero-order valence-corrected chi connectivity index (χ0v) is 10.8. The fraction of sp³-hybridized carbons (Fsp3) is 0.667. The van der Waals surface area contributed by atoms with Gasteiger partial charge in [0.15, 0.2) is 0 Å². The van der Waals surface area contributed by atoms with Crippen molar-refractivity contribution in [1.29, 1.82) is 0 Å². The van der Waals surface area contributed by atoms with Crippen LogP contribution in [-0.4, -0.2) is 27.7 Å². The molecule has 5 heteroatoms. The standard InChI is InChI=1S/C12H22N4O/c1-4-5-11-15-10(13)6-12(16-11)14-9(7-17)8(2)3/h6,8-9,17H,4-5,7H2,1-3H3,(H3,13,14,15,16). The van der Waals surface area contributed by atoms with Crippen molar-refractivity contribution in [1.82, 2.24) is 9.97 Å². The molecule has 1 aromatic heterocycles. The van der Waals surface area contributed by atoms with Gasteiger partial charge in [-0.15, -0.1) is 0 Å². The molecular weight excluding hydrogens is 216 g/mol. The van der Waals surface area contributed by atoms with E-state index in [2.05, 4.69) is 22.2 Å². The first-order chi connectivity index (χ1) is 8.06. The van der Waals surface area contributed by atoms with Crippen LogP contribution in [0.3, 0.4) is 0 Å². The van der Waals surface area contributed by atoms with Crippen LogP contribution in [0.4, 0.5) is 11.6 Å². The van der Waals surface area contributed by atoms with Gasteiger partial charge in [-0.3, -0.25) is 0 Å². The molecule has 0 aliphatic rings. The van der Waals surface area contributed by atoms with Gasteiger partial charge in [-0.1, -0.05) is 20.8 Å². The topological polar surface area (TPSA) is 84.1 Å². The second kappa shape index (κ2) is 6.39. The number of aryl methyl sites for hydroxylation is 1. The quantitative estimate of drug-likeness (QED) is 0.698. The van der Waals surface area contributed by atoms with Crippen molar-refractivity contribution >= 4 is 11.6 Å². The van der Waals surface area contributed by atoms with Crippen LogP contribution in [0.5, 0.6) is 0 Å². The smallest absolute Gasteiger partial charge is 0.133 e. The predicted molar refractivity (Wildman–Crippen MR) is 69.8 cm³/mol. The molecule has 0 aliphatic heterocycles. The fourth-order valence-electron chi connectivity index (χ4n) is 1.54. The van der Waals surface area contributed by atoms with Crippen molar-refractivity contribution in [2.75, 3.05) is 17.7 Å². The molecule has 5 nitrogen and oxygen atoms in total. The minimum atomic E-state index is -0.0150. The average Bonchev–Trinajstić information content (AvgIpc) is 2.25. The number of nitrogens with one attached hydrogen (secondary N) is 1. The van der Waals surface area contributed by atoms with E-state index in [1.165, 1.54) is 0 Å². The van der Waals surface area contributed by atoms with Gasteiger partial charge in [0.1, 0.15) is 17.5 Å². The first-order valence-corrected chi connectivity index (χ1v) is 6.07. The number of aromatic nitrogens is 2. The van der Waals surface area contributed by atoms with Gasteiger partial charge >= 0.3 is 0 Å². The number of aliphatic hydroxyl groups excluding tert-OH is 1. The van der Waals surface area contributed by atoms with E-state index in [0.717, 1.165) is 18.7 Å². The molecule has 0 bridgehead atoms. The summed E-state index contributed by atoms with van der Waals surface area (Å²) < 4.78 is 0. The Balaban J connectivity index is 2.82. The third kappa shape index (κ3) is 4.19. The van der Waals surface area contributed by atoms with Crippen LogP contribution in [0, 0.1) is 5.92 Å². The summed E-state index contributed by atoms with van der Waals surface area (Å²) in [7, 11) is 0. The maximum atomic E-state index is 9.26. The van der Waals surface area contributed by atoms with Crippen molar-refractivity contribution in [2.45, 2.75) is 39.7 Å². The minimum Gasteiger partial charge on any atom is -0.394 e. The van der Waals surface area contributed by atoms with Gasteiger partial charge in [0.05, 0.1) is 12.6 Å². The highest BCUT2D eigenvalue weighted by atomic mass is 16.3. The summed E-state index contributed by atoms with van der Waals surface area (Å²) in [6.45, 7) is 6.24. The Morgan fingerprint density at radius 2 is 2.12 bits per heavy atom. The number of aliphatic hydroxyl groups is 1. The number of nitrogen functional groups attached to an aromatic ring is 1. The maximum absolute atomic E-state index is 9.26. The Morgan fingerprint density at radius 1 is 1.41 bits per heavy atom. The first kappa shape index (κ1) is 13.7. The van der Waals surface area contributed by atoms with E-state index in [9.17, 15) is 5.11 Å². The number of hydrogen-bond donors (Lipinski definition) is 3. The van der Waals surface area contributed by atoms with E-state index in [1.807, 2.05) is 13.8 Å². The van der Waals surface area contributed by atoms with Crippen molar-refractivity contribution in [3.05, 3.63) is 11.9 Å². The lowest BCUT2D eigenvalue weighted by atomic mass is 10.1. The van der Waals surface area contributed by atoms with Crippen LogP contribution in [-0.2, 0) is 6.42 Å². The highest BCUT2D eigenvalue weighted by Crippen LogP contribution is 2.13. The molecule has 96 valence electrons. The Hall–Kier alpha value is -1.36. The molecule has 17 heavy (non-hydrogen) atoms. The number of hydrogen-bond acceptors (Lipinski definition) is 5. The molecule has 1 aromatic rings. The number of nitrogens with two attached hydrogens (primary N) is 1. The maximum Gasteiger partial charge on any atom is 0.133 e. The second-order valence-corrected chi connectivity index (χ2v) is 4.52. The van der Waals surface area contributed by atoms with E-state index in [-0.39, 0.29) is 12.6 Å². The molecule has 1 rings (SSSR count). The number of anilines is 2. The van der Waals surface area contributed by atoms with Gasteiger partial charge in [-0.2, -0.15) is 0 Å². The molecule has 0 saturated carbocycles. The van der Waals surface area contributed by atoms with Gasteiger partial charge in [-0.05, 0) is 12.3 Å². The molecule has 0 spiro atoms. The third-order valence-corrected chi connectivity index (χ3v) is 2.60. The summed E-state index contributed by atoms with van der Waals surface area (Å²) in [6, 6.07) is 1.68. The fourth-order valence-corrected chi connectivity index (χ4v) is 1.54. The van der Waals surface area contributed by atoms with Crippen LogP contribution in [0.2, 0.25) is 0 Å². The van der Waals surface area contributed by atoms with Crippen molar-refractivity contribution < 1.29 is 5.11 Å². The van der Waals surface area contributed by atoms with Gasteiger partial charge in [0, 0.05) is 12.5 Å². The van der Waals surface area contributed by atoms with E-state index >= 15 is 0 Å². The molecule has 0 amide bonds. The Kier molecular flexibility index (Phi) is 5.15. The Bertz CT molecular complexity index is 354. The molecular formula is C12H22N4O. The van der Waals surface area contributed by atoms with Crippen molar-refractivity contribution in [3.63, 3.8) is 0 Å². The summed E-state index contributed by atoms with van der Waals surface area (Å²) >= 11 is 0. The lowest BCUT2D eigenvalue weighted by molar-refractivity contribution is 0.249. The highest BCUT2D eigenvalue weighted by molar-refractivity contribution is 5.45. The minimum absolute atomic E-state index is 0.0150. The predicted octanol–water partition coefficient (Wildman–Crippen LogP) is 1.44. The Labute approximate surface area is 102 Å². The van der Waals surface area contributed by atoms with E-state index in [4.69, 9.17) is 5.73 Å². The SMILES string of the molecule is CCCc1nc(N)cc(NC(CO)C(C)C)n1. The van der Waals surface area contributed by atoms with E-state index < -0.39 is 0 Å². The molecule has 1 unspecified atom stereocenters. The van der Waals surface area contributed by atoms with Gasteiger partial charge in [-0.25, -0.2) is 9.97 Å². The largest absolute Gasteiger partial charge is 0.394 e. The summed E-state index contributed by atoms with van der Waals surface area (Å²) in [4.78, 5) is 8.55. The molecule has 0 aliphatic carbocycles. The van der Waals surface area contributed by atoms with E-state index in [0.29, 0.717) is 17.6 Å². The lowest BCUT2D eigenvalue weighted by Crippen LogP contribution is -2.30. The van der Waals surface area contributed by atoms with Crippen LogP contribution in [0.25, 0.3) is 0 Å². The van der Waals surface area contributed by atoms with Gasteiger partial charge in [0.2, 0.25) is 0 Å². The zero-order chi connectivity index (χ0) is 12.8. The molecule has 0 aromatic carbocycles. The van der Waals surface area contributed by atoms with E-state index in [1.54, 1.807) is 6.07 Å². The highest BCUT2D eigenvalue weighted by Gasteiger charge is 2.13. The van der Waals surface area contributed by atoms with Crippen molar-refractivity contribution in [2.24, 2.45) is 5.92 Å². The molecule has 0 radical (unpaired) electrons. The van der Waals surface area contributed by atoms with Gasteiger partial charge < -0.3 is 16.2 Å². The number of rotatable bonds is 6. The van der Waals surface area contributed by atoms with Gasteiger partial charge in [0.25, 0.3) is 0 Å². The normalized spacial score (nSPS) is 12.8. The Morgan fingerprint density at radius 3 is 2.65 bits per heavy atom. The zero-order valence-electron chi connectivity index (χ0n) is 10.8. The first-order valence-electron chi connectivity index (χ1n) is 6.07. The molecule has 4 N–H and O–H groups in total. The number of nitrogens with zero attached hydrogens (tertiary/aromatic N) is 2. The average molecular weight is 238 g/mol. The van der Waals surface area contributed by atoms with Crippen LogP contribution < -0.4 is 11.1 Å². The molecule has 1 atom stereocenters. The van der Waals surface area contributed by atoms with Crippen LogP contribution >= 0.6 is 0 Å². The summed E-state index contributed by atoms with van der Waals surface area (Å²) in [5, 5.41) is 12.4. The summed E-state index contributed by atoms with van der Waals surface area (Å²) in [5.41, 5.74) is 5.73. The second-order valence-electron chi connectivity index (χ2n) is 4.52.